The summed E-state index contributed by atoms with van der Waals surface area (Å²) in [5.74, 6) is 0.571. The molecule has 1 amide bonds. The molecular weight excluding hydrogens is 408 g/mol. The lowest BCUT2D eigenvalue weighted by atomic mass is 10.1. The van der Waals surface area contributed by atoms with E-state index in [1.165, 1.54) is 34.5 Å². The highest BCUT2D eigenvalue weighted by atomic mass is 32.1. The predicted molar refractivity (Wildman–Crippen MR) is 121 cm³/mol. The van der Waals surface area contributed by atoms with Crippen LogP contribution in [0, 0.1) is 0 Å². The highest BCUT2D eigenvalue weighted by molar-refractivity contribution is 7.13. The predicted octanol–water partition coefficient (Wildman–Crippen LogP) is 3.35. The van der Waals surface area contributed by atoms with Crippen molar-refractivity contribution in [2.24, 2.45) is 0 Å². The summed E-state index contributed by atoms with van der Waals surface area (Å²) in [6.45, 7) is 2.47. The van der Waals surface area contributed by atoms with Crippen molar-refractivity contribution in [2.75, 3.05) is 11.4 Å². The molecule has 0 bridgehead atoms. The van der Waals surface area contributed by atoms with Crippen LogP contribution in [0.5, 0.6) is 0 Å². The average Bonchev–Trinajstić information content (AvgIpc) is 3.55. The smallest absolute Gasteiger partial charge is 0.226 e. The highest BCUT2D eigenvalue weighted by Crippen LogP contribution is 2.28. The van der Waals surface area contributed by atoms with Gasteiger partial charge in [-0.05, 0) is 29.2 Å². The van der Waals surface area contributed by atoms with Gasteiger partial charge in [-0.2, -0.15) is 5.10 Å². The maximum absolute atomic E-state index is 12.3. The van der Waals surface area contributed by atoms with Gasteiger partial charge in [0.15, 0.2) is 10.8 Å². The largest absolute Gasteiger partial charge is 0.367 e. The van der Waals surface area contributed by atoms with Crippen LogP contribution >= 0.6 is 11.3 Å². The summed E-state index contributed by atoms with van der Waals surface area (Å²) in [6, 6.07) is 17.1. The lowest BCUT2D eigenvalue weighted by Gasteiger charge is -2.19. The quantitative estimate of drug-likeness (QED) is 0.470. The van der Waals surface area contributed by atoms with E-state index in [1.807, 2.05) is 5.38 Å². The zero-order valence-corrected chi connectivity index (χ0v) is 17.7. The lowest BCUT2D eigenvalue weighted by molar-refractivity contribution is -0.120. The van der Waals surface area contributed by atoms with Crippen LogP contribution < -0.4 is 10.2 Å². The first-order chi connectivity index (χ1) is 15.2. The van der Waals surface area contributed by atoms with Crippen molar-refractivity contribution in [3.05, 3.63) is 82.6 Å². The molecule has 7 nitrogen and oxygen atoms in total. The molecule has 3 heterocycles. The number of hydrogen-bond donors (Lipinski definition) is 2. The van der Waals surface area contributed by atoms with Crippen LogP contribution in [0.15, 0.2) is 60.2 Å². The number of nitrogens with zero attached hydrogens (tertiary/aromatic N) is 4. The molecular formula is C23H22N6OS. The Morgan fingerprint density at radius 2 is 1.97 bits per heavy atom. The van der Waals surface area contributed by atoms with Crippen LogP contribution in [0.3, 0.4) is 0 Å². The summed E-state index contributed by atoms with van der Waals surface area (Å²) in [7, 11) is 0. The number of fused-ring (bicyclic) bond motifs is 1. The Hall–Kier alpha value is -3.52. The van der Waals surface area contributed by atoms with Crippen LogP contribution in [0.1, 0.15) is 22.4 Å². The SMILES string of the molecule is O=C(Cc1csc(-c2ncn[nH]2)n1)NCc1ccc(CN2CCc3ccccc32)cc1. The molecule has 2 aromatic carbocycles. The van der Waals surface area contributed by atoms with Gasteiger partial charge in [0.2, 0.25) is 5.91 Å². The van der Waals surface area contributed by atoms with Gasteiger partial charge >= 0.3 is 0 Å². The van der Waals surface area contributed by atoms with Gasteiger partial charge in [0.25, 0.3) is 0 Å². The molecule has 1 aliphatic heterocycles. The zero-order valence-electron chi connectivity index (χ0n) is 16.9. The lowest BCUT2D eigenvalue weighted by Crippen LogP contribution is -2.24. The second kappa shape index (κ2) is 8.69. The Kier molecular flexibility index (Phi) is 5.45. The van der Waals surface area contributed by atoms with Gasteiger partial charge in [0.05, 0.1) is 12.1 Å². The van der Waals surface area contributed by atoms with Crippen molar-refractivity contribution in [2.45, 2.75) is 25.9 Å². The number of para-hydroxylation sites is 1. The monoisotopic (exact) mass is 430 g/mol. The number of thiazole rings is 1. The third kappa shape index (κ3) is 4.49. The number of carbonyl (C=O) groups excluding carboxylic acids is 1. The maximum Gasteiger partial charge on any atom is 0.226 e. The van der Waals surface area contributed by atoms with Gasteiger partial charge in [-0.1, -0.05) is 42.5 Å². The minimum atomic E-state index is -0.0489. The summed E-state index contributed by atoms with van der Waals surface area (Å²) >= 11 is 1.45. The van der Waals surface area contributed by atoms with E-state index < -0.39 is 0 Å². The van der Waals surface area contributed by atoms with E-state index in [9.17, 15) is 4.79 Å². The van der Waals surface area contributed by atoms with E-state index in [4.69, 9.17) is 0 Å². The summed E-state index contributed by atoms with van der Waals surface area (Å²) in [4.78, 5) is 23.3. The first-order valence-electron chi connectivity index (χ1n) is 10.2. The van der Waals surface area contributed by atoms with Gasteiger partial charge < -0.3 is 10.2 Å². The van der Waals surface area contributed by atoms with E-state index in [0.717, 1.165) is 35.8 Å². The number of carbonyl (C=O) groups is 1. The Morgan fingerprint density at radius 3 is 2.81 bits per heavy atom. The van der Waals surface area contributed by atoms with Crippen molar-refractivity contribution in [3.8, 4) is 10.8 Å². The first kappa shape index (κ1) is 19.4. The van der Waals surface area contributed by atoms with Crippen LogP contribution in [0.4, 0.5) is 5.69 Å². The molecule has 0 radical (unpaired) electrons. The number of anilines is 1. The topological polar surface area (TPSA) is 86.8 Å². The Labute approximate surface area is 184 Å². The Morgan fingerprint density at radius 1 is 1.13 bits per heavy atom. The first-order valence-corrected chi connectivity index (χ1v) is 11.1. The van der Waals surface area contributed by atoms with Crippen LogP contribution in [0.2, 0.25) is 0 Å². The summed E-state index contributed by atoms with van der Waals surface area (Å²) < 4.78 is 0. The molecule has 8 heteroatoms. The number of rotatable bonds is 7. The van der Waals surface area contributed by atoms with E-state index in [0.29, 0.717) is 12.4 Å². The molecule has 5 rings (SSSR count). The number of aromatic amines is 1. The molecule has 31 heavy (non-hydrogen) atoms. The van der Waals surface area contributed by atoms with Gasteiger partial charge in [-0.25, -0.2) is 9.97 Å². The van der Waals surface area contributed by atoms with E-state index in [2.05, 4.69) is 78.9 Å². The van der Waals surface area contributed by atoms with E-state index in [-0.39, 0.29) is 12.3 Å². The Balaban J connectivity index is 1.12. The second-order valence-electron chi connectivity index (χ2n) is 7.55. The number of H-pyrrole nitrogens is 1. The summed E-state index contributed by atoms with van der Waals surface area (Å²) in [5, 5.41) is 12.2. The molecule has 4 aromatic rings. The summed E-state index contributed by atoms with van der Waals surface area (Å²) in [6.07, 6.45) is 2.80. The van der Waals surface area contributed by atoms with E-state index in [1.54, 1.807) is 0 Å². The van der Waals surface area contributed by atoms with Gasteiger partial charge in [-0.3, -0.25) is 9.89 Å². The van der Waals surface area contributed by atoms with Crippen LogP contribution in [-0.4, -0.2) is 32.6 Å². The van der Waals surface area contributed by atoms with Gasteiger partial charge in [-0.15, -0.1) is 11.3 Å². The molecule has 156 valence electrons. The molecule has 0 saturated carbocycles. The third-order valence-corrected chi connectivity index (χ3v) is 6.28. The standard InChI is InChI=1S/C23H22N6OS/c30-21(11-19-14-31-23(27-19)22-25-15-26-28-22)24-12-16-5-7-17(8-6-16)13-29-10-9-18-3-1-2-4-20(18)29/h1-8,14-15H,9-13H2,(H,24,30)(H,25,26,28). The molecule has 2 aromatic heterocycles. The average molecular weight is 431 g/mol. The van der Waals surface area contributed by atoms with Gasteiger partial charge in [0, 0.05) is 30.7 Å². The Bertz CT molecular complexity index is 1170. The van der Waals surface area contributed by atoms with Crippen molar-refractivity contribution in [3.63, 3.8) is 0 Å². The molecule has 1 aliphatic rings. The van der Waals surface area contributed by atoms with Gasteiger partial charge in [0.1, 0.15) is 6.33 Å². The molecule has 0 atom stereocenters. The fraction of sp³-hybridized carbons (Fsp3) is 0.217. The third-order valence-electron chi connectivity index (χ3n) is 5.38. The molecule has 2 N–H and O–H groups in total. The second-order valence-corrected chi connectivity index (χ2v) is 8.41. The fourth-order valence-corrected chi connectivity index (χ4v) is 4.55. The minimum Gasteiger partial charge on any atom is -0.367 e. The molecule has 0 unspecified atom stereocenters. The zero-order chi connectivity index (χ0) is 21.0. The van der Waals surface area contributed by atoms with Crippen molar-refractivity contribution >= 4 is 22.9 Å². The normalized spacial score (nSPS) is 12.7. The van der Waals surface area contributed by atoms with Crippen molar-refractivity contribution in [1.29, 1.82) is 0 Å². The maximum atomic E-state index is 12.3. The molecule has 0 spiro atoms. The fourth-order valence-electron chi connectivity index (χ4n) is 3.79. The number of amides is 1. The number of hydrogen-bond acceptors (Lipinski definition) is 6. The number of aromatic nitrogens is 4. The number of benzene rings is 2. The highest BCUT2D eigenvalue weighted by Gasteiger charge is 2.18. The number of nitrogens with one attached hydrogen (secondary N) is 2. The van der Waals surface area contributed by atoms with Crippen LogP contribution in [-0.2, 0) is 30.7 Å². The van der Waals surface area contributed by atoms with Crippen LogP contribution in [0.25, 0.3) is 10.8 Å². The molecule has 0 saturated heterocycles. The summed E-state index contributed by atoms with van der Waals surface area (Å²) in [5.41, 5.74) is 5.85. The molecule has 0 aliphatic carbocycles. The minimum absolute atomic E-state index is 0.0489. The van der Waals surface area contributed by atoms with E-state index >= 15 is 0 Å². The van der Waals surface area contributed by atoms with Crippen molar-refractivity contribution in [1.82, 2.24) is 25.5 Å². The van der Waals surface area contributed by atoms with Crippen molar-refractivity contribution < 1.29 is 4.79 Å². The molecule has 0 fully saturated rings.